The molecule has 0 amide bonds. The van der Waals surface area contributed by atoms with E-state index in [1.807, 2.05) is 101 Å². The van der Waals surface area contributed by atoms with Crippen LogP contribution in [0.1, 0.15) is 53.3 Å². The summed E-state index contributed by atoms with van der Waals surface area (Å²) in [4.78, 5) is 32.4. The van der Waals surface area contributed by atoms with Crippen molar-refractivity contribution in [2.75, 3.05) is 11.1 Å². The summed E-state index contributed by atoms with van der Waals surface area (Å²) in [5.41, 5.74) is 11.7. The molecule has 5 aromatic rings. The summed E-state index contributed by atoms with van der Waals surface area (Å²) in [5, 5.41) is 4.15. The van der Waals surface area contributed by atoms with Crippen molar-refractivity contribution in [1.29, 1.82) is 0 Å². The average Bonchev–Trinajstić information content (AvgIpc) is 2.92. The second-order valence-corrected chi connectivity index (χ2v) is 9.49. The van der Waals surface area contributed by atoms with Crippen molar-refractivity contribution >= 4 is 34.8 Å². The molecule has 196 valence electrons. The van der Waals surface area contributed by atoms with Crippen LogP contribution >= 0.6 is 0 Å². The van der Waals surface area contributed by atoms with Gasteiger partial charge < -0.3 is 11.1 Å². The summed E-state index contributed by atoms with van der Waals surface area (Å²) in [6, 6.07) is 18.9. The highest BCUT2D eigenvalue weighted by atomic mass is 16.1. The van der Waals surface area contributed by atoms with E-state index in [2.05, 4.69) is 20.3 Å². The fourth-order valence-corrected chi connectivity index (χ4v) is 4.73. The number of nitrogens with one attached hydrogen (secondary N) is 1. The van der Waals surface area contributed by atoms with Crippen LogP contribution in [0, 0.1) is 20.8 Å². The van der Waals surface area contributed by atoms with Crippen LogP contribution in [-0.2, 0) is 0 Å². The minimum absolute atomic E-state index is 0.108. The first-order chi connectivity index (χ1) is 18.9. The normalized spacial score (nSPS) is 12.2. The third kappa shape index (κ3) is 5.13. The minimum atomic E-state index is -0.347. The lowest BCUT2D eigenvalue weighted by Gasteiger charge is -2.23. The number of nitrogens with zero attached hydrogens (tertiary/aromatic N) is 5. The van der Waals surface area contributed by atoms with E-state index in [1.165, 1.54) is 0 Å². The number of rotatable bonds is 7. The smallest absolute Gasteiger partial charge is 0.266 e. The molecule has 0 saturated heterocycles. The number of aryl methyl sites for hydroxylation is 3. The van der Waals surface area contributed by atoms with Gasteiger partial charge >= 0.3 is 0 Å². The largest absolute Gasteiger partial charge is 0.368 e. The van der Waals surface area contributed by atoms with Crippen molar-refractivity contribution < 1.29 is 0 Å². The average molecular weight is 518 g/mol. The number of nitrogens with two attached hydrogens (primary N) is 1. The van der Waals surface area contributed by atoms with E-state index in [4.69, 9.17) is 10.7 Å². The summed E-state index contributed by atoms with van der Waals surface area (Å²) < 4.78 is 1.70. The zero-order chi connectivity index (χ0) is 27.5. The summed E-state index contributed by atoms with van der Waals surface area (Å²) in [6.45, 7) is 7.89. The summed E-state index contributed by atoms with van der Waals surface area (Å²) in [7, 11) is 0. The Morgan fingerprint density at radius 1 is 0.923 bits per heavy atom. The standard InChI is InChI=1S/C31H31N7O/c1-5-24(35-28-23(21(4)34-31(32)37-28)16-17-25-19(2)12-10-18-33-25)29-36-26-15-9-11-20(3)27(26)30(39)38(29)22-13-7-6-8-14-22/h6-18,24H,5H2,1-4H3,(H3,32,34,35,37)/b17-16+. The van der Waals surface area contributed by atoms with Crippen molar-refractivity contribution in [3.05, 3.63) is 111 Å². The number of aromatic nitrogens is 5. The van der Waals surface area contributed by atoms with Crippen molar-refractivity contribution in [2.45, 2.75) is 40.2 Å². The molecule has 5 rings (SSSR count). The molecule has 3 aromatic heterocycles. The fourth-order valence-electron chi connectivity index (χ4n) is 4.73. The van der Waals surface area contributed by atoms with Crippen molar-refractivity contribution in [3.63, 3.8) is 0 Å². The Bertz CT molecular complexity index is 1740. The maximum absolute atomic E-state index is 13.9. The molecule has 39 heavy (non-hydrogen) atoms. The van der Waals surface area contributed by atoms with Gasteiger partial charge in [0.1, 0.15) is 11.6 Å². The summed E-state index contributed by atoms with van der Waals surface area (Å²) >= 11 is 0. The van der Waals surface area contributed by atoms with E-state index < -0.39 is 0 Å². The Labute approximate surface area is 227 Å². The lowest BCUT2D eigenvalue weighted by molar-refractivity contribution is 0.658. The molecule has 0 fully saturated rings. The molecule has 2 aromatic carbocycles. The topological polar surface area (TPSA) is 112 Å². The molecule has 0 saturated carbocycles. The van der Waals surface area contributed by atoms with Crippen LogP contribution in [0.2, 0.25) is 0 Å². The third-order valence-corrected chi connectivity index (χ3v) is 6.79. The second-order valence-electron chi connectivity index (χ2n) is 9.49. The molecule has 0 aliphatic heterocycles. The van der Waals surface area contributed by atoms with Gasteiger partial charge in [-0.05, 0) is 74.7 Å². The Hall–Kier alpha value is -4.85. The molecule has 3 N–H and O–H groups in total. The quantitative estimate of drug-likeness (QED) is 0.280. The minimum Gasteiger partial charge on any atom is -0.368 e. The van der Waals surface area contributed by atoms with Crippen LogP contribution in [0.4, 0.5) is 11.8 Å². The first-order valence-corrected chi connectivity index (χ1v) is 13.0. The van der Waals surface area contributed by atoms with Gasteiger partial charge in [0, 0.05) is 11.8 Å². The molecule has 8 heteroatoms. The van der Waals surface area contributed by atoms with Crippen LogP contribution in [0.5, 0.6) is 0 Å². The van der Waals surface area contributed by atoms with E-state index in [0.717, 1.165) is 33.8 Å². The SMILES string of the molecule is CCC(Nc1nc(N)nc(C)c1/C=C/c1ncccc1C)c1nc2cccc(C)c2c(=O)n1-c1ccccc1. The Morgan fingerprint density at radius 3 is 2.44 bits per heavy atom. The van der Waals surface area contributed by atoms with E-state index in [9.17, 15) is 4.79 Å². The molecule has 0 spiro atoms. The van der Waals surface area contributed by atoms with Gasteiger partial charge in [-0.1, -0.05) is 43.3 Å². The van der Waals surface area contributed by atoms with Gasteiger partial charge in [0.15, 0.2) is 0 Å². The molecule has 1 unspecified atom stereocenters. The predicted octanol–water partition coefficient (Wildman–Crippen LogP) is 5.81. The van der Waals surface area contributed by atoms with E-state index >= 15 is 0 Å². The van der Waals surface area contributed by atoms with Crippen LogP contribution in [0.15, 0.2) is 71.7 Å². The number of hydrogen-bond donors (Lipinski definition) is 2. The number of nitrogen functional groups attached to an aromatic ring is 1. The number of benzene rings is 2. The fraction of sp³-hybridized carbons (Fsp3) is 0.194. The molecule has 1 atom stereocenters. The van der Waals surface area contributed by atoms with Crippen molar-refractivity contribution in [1.82, 2.24) is 24.5 Å². The van der Waals surface area contributed by atoms with Gasteiger partial charge in [0.25, 0.3) is 5.56 Å². The van der Waals surface area contributed by atoms with Gasteiger partial charge in [0.2, 0.25) is 5.95 Å². The number of para-hydroxylation sites is 1. The summed E-state index contributed by atoms with van der Waals surface area (Å²) in [5.74, 6) is 1.32. The monoisotopic (exact) mass is 517 g/mol. The molecule has 0 aliphatic rings. The van der Waals surface area contributed by atoms with E-state index in [0.29, 0.717) is 29.0 Å². The highest BCUT2D eigenvalue weighted by Gasteiger charge is 2.22. The first kappa shape index (κ1) is 25.8. The third-order valence-electron chi connectivity index (χ3n) is 6.79. The molecule has 0 bridgehead atoms. The Balaban J connectivity index is 1.66. The molecule has 0 radical (unpaired) electrons. The first-order valence-electron chi connectivity index (χ1n) is 13.0. The molecular formula is C31H31N7O. The second kappa shape index (κ2) is 10.9. The van der Waals surface area contributed by atoms with Gasteiger partial charge in [-0.15, -0.1) is 0 Å². The highest BCUT2D eigenvalue weighted by Crippen LogP contribution is 2.28. The molecule has 8 nitrogen and oxygen atoms in total. The lowest BCUT2D eigenvalue weighted by atomic mass is 10.1. The van der Waals surface area contributed by atoms with Crippen LogP contribution in [0.25, 0.3) is 28.7 Å². The molecule has 0 aliphatic carbocycles. The number of fused-ring (bicyclic) bond motifs is 1. The number of anilines is 2. The van der Waals surface area contributed by atoms with Crippen LogP contribution < -0.4 is 16.6 Å². The van der Waals surface area contributed by atoms with Gasteiger partial charge in [0.05, 0.1) is 34.0 Å². The maximum Gasteiger partial charge on any atom is 0.266 e. The Kier molecular flexibility index (Phi) is 7.19. The molecular weight excluding hydrogens is 486 g/mol. The molecule has 3 heterocycles. The lowest BCUT2D eigenvalue weighted by Crippen LogP contribution is -2.29. The maximum atomic E-state index is 13.9. The van der Waals surface area contributed by atoms with Gasteiger partial charge in [-0.2, -0.15) is 4.98 Å². The van der Waals surface area contributed by atoms with Crippen LogP contribution in [-0.4, -0.2) is 24.5 Å². The zero-order valence-electron chi connectivity index (χ0n) is 22.5. The van der Waals surface area contributed by atoms with E-state index in [-0.39, 0.29) is 17.5 Å². The Morgan fingerprint density at radius 2 is 1.69 bits per heavy atom. The highest BCUT2D eigenvalue weighted by molar-refractivity contribution is 5.82. The number of hydrogen-bond acceptors (Lipinski definition) is 7. The predicted molar refractivity (Wildman–Crippen MR) is 158 cm³/mol. The van der Waals surface area contributed by atoms with Crippen molar-refractivity contribution in [2.24, 2.45) is 0 Å². The van der Waals surface area contributed by atoms with Gasteiger partial charge in [-0.3, -0.25) is 14.3 Å². The van der Waals surface area contributed by atoms with Crippen molar-refractivity contribution in [3.8, 4) is 5.69 Å². The van der Waals surface area contributed by atoms with Crippen LogP contribution in [0.3, 0.4) is 0 Å². The number of pyridine rings is 1. The zero-order valence-corrected chi connectivity index (χ0v) is 22.5. The van der Waals surface area contributed by atoms with E-state index in [1.54, 1.807) is 10.8 Å². The summed E-state index contributed by atoms with van der Waals surface area (Å²) in [6.07, 6.45) is 6.30. The van der Waals surface area contributed by atoms with Gasteiger partial charge in [-0.25, -0.2) is 9.97 Å².